The molecule has 2 saturated heterocycles. The van der Waals surface area contributed by atoms with Crippen molar-refractivity contribution in [2.75, 3.05) is 161 Å². The number of carboxylic acid groups (broad SMARTS) is 4. The van der Waals surface area contributed by atoms with Crippen molar-refractivity contribution in [1.82, 2.24) is 39.7 Å². The number of benzene rings is 3. The number of amides is 2. The zero-order valence-corrected chi connectivity index (χ0v) is 53.5. The van der Waals surface area contributed by atoms with Crippen molar-refractivity contribution < 1.29 is 107 Å². The standard InChI is InChI=1S/C33H53N7O11.C28H27ClF2N3O3.Na/c1-3-36(2)7-4-16-51-28-20-26(33(48)49)19-27(21-28)34-5-17-50-18-6-35-29(41)22-37-8-10-38(23-30(42)43)12-14-40(25-32(46)47)15-13-39(11-9-37)24-31(44)45;1-3-19-16-33(28(36)20-10-9-18(29)15-22(20)27(30)31)13-14-34(19)25-12-11-23(32-24(25)17-35)21-7-5-6-8-26(21)37-4-2;/h19-21,34H,1-18,22-25H2,(H,35,41)(H,42,43)(H,44,45)(H,46,47)(H,48,49);5-12,15,19,27H,3-4,13-14,16H2,1-2H3;/q-2;-1;+1. The van der Waals surface area contributed by atoms with E-state index in [1.807, 2.05) is 66.3 Å². The van der Waals surface area contributed by atoms with Crippen LogP contribution in [0.3, 0.4) is 0 Å². The summed E-state index contributed by atoms with van der Waals surface area (Å²) in [6, 6.07) is 19.6. The van der Waals surface area contributed by atoms with Gasteiger partial charge in [-0.15, -0.1) is 6.07 Å². The van der Waals surface area contributed by atoms with Crippen LogP contribution in [0.5, 0.6) is 11.5 Å². The maximum atomic E-state index is 13.6. The molecule has 24 nitrogen and oxygen atoms in total. The number of carbonyl (C=O) groups excluding carboxylic acids is 3. The molecule has 2 fully saturated rings. The molecule has 4 aromatic rings. The van der Waals surface area contributed by atoms with E-state index in [2.05, 4.69) is 29.6 Å². The molecule has 2 aliphatic heterocycles. The average Bonchev–Trinajstić information content (AvgIpc) is 3.50. The molecule has 89 heavy (non-hydrogen) atoms. The number of para-hydroxylation sites is 1. The van der Waals surface area contributed by atoms with Gasteiger partial charge in [0.1, 0.15) is 11.5 Å². The van der Waals surface area contributed by atoms with Gasteiger partial charge in [0.25, 0.3) is 12.3 Å². The summed E-state index contributed by atoms with van der Waals surface area (Å²) in [5, 5.41) is 43.6. The van der Waals surface area contributed by atoms with Crippen LogP contribution in [0.4, 0.5) is 20.2 Å². The van der Waals surface area contributed by atoms with Crippen LogP contribution in [0.15, 0.2) is 72.8 Å². The Labute approximate surface area is 545 Å². The molecule has 0 spiro atoms. The number of aliphatic carboxylic acids is 3. The topological polar surface area (TPSA) is 288 Å². The Morgan fingerprint density at radius 3 is 1.93 bits per heavy atom. The van der Waals surface area contributed by atoms with Crippen LogP contribution in [0, 0.1) is 14.0 Å². The molecule has 2 amide bonds. The van der Waals surface area contributed by atoms with Gasteiger partial charge in [0, 0.05) is 131 Å². The maximum Gasteiger partial charge on any atom is 1.00 e. The summed E-state index contributed by atoms with van der Waals surface area (Å²) >= 11 is 5.88. The zero-order valence-electron chi connectivity index (χ0n) is 50.8. The maximum absolute atomic E-state index is 13.6. The molecule has 1 unspecified atom stereocenters. The van der Waals surface area contributed by atoms with Crippen molar-refractivity contribution in [2.24, 2.45) is 0 Å². The largest absolute Gasteiger partial charge is 1.00 e. The van der Waals surface area contributed by atoms with Gasteiger partial charge in [-0.05, 0) is 74.5 Å². The van der Waals surface area contributed by atoms with E-state index in [-0.39, 0.29) is 141 Å². The van der Waals surface area contributed by atoms with E-state index in [1.165, 1.54) is 24.3 Å². The van der Waals surface area contributed by atoms with Crippen LogP contribution < -0.4 is 54.6 Å². The number of hydrogen-bond donors (Lipinski definition) is 6. The summed E-state index contributed by atoms with van der Waals surface area (Å²) in [4.78, 5) is 101. The van der Waals surface area contributed by atoms with E-state index in [9.17, 15) is 62.8 Å². The number of piperazine rings is 1. The third-order valence-electron chi connectivity index (χ3n) is 14.3. The molecule has 6 rings (SSSR count). The number of halogens is 3. The number of rotatable bonds is 30. The van der Waals surface area contributed by atoms with Gasteiger partial charge < -0.3 is 71.7 Å². The number of carbonyl (C=O) groups is 6. The number of carboxylic acids is 4. The summed E-state index contributed by atoms with van der Waals surface area (Å²) in [7, 11) is 3.83. The van der Waals surface area contributed by atoms with Gasteiger partial charge in [-0.1, -0.05) is 42.4 Å². The number of alkyl halides is 2. The Morgan fingerprint density at radius 1 is 0.764 bits per heavy atom. The molecule has 0 bridgehead atoms. The number of hydrogen-bond acceptors (Lipinski definition) is 18. The summed E-state index contributed by atoms with van der Waals surface area (Å²) in [5.41, 5.74) is 2.36. The van der Waals surface area contributed by atoms with E-state index in [0.29, 0.717) is 120 Å². The molecule has 0 radical (unpaired) electrons. The van der Waals surface area contributed by atoms with Gasteiger partial charge in [0.15, 0.2) is 0 Å². The van der Waals surface area contributed by atoms with Gasteiger partial charge in [0.2, 0.25) is 5.91 Å². The van der Waals surface area contributed by atoms with Gasteiger partial charge in [-0.3, -0.25) is 55.6 Å². The first-order valence-corrected chi connectivity index (χ1v) is 29.3. The predicted octanol–water partition coefficient (Wildman–Crippen LogP) is 2.04. The van der Waals surface area contributed by atoms with E-state index in [4.69, 9.17) is 25.8 Å². The van der Waals surface area contributed by atoms with Gasteiger partial charge in [0.05, 0.1) is 63.9 Å². The fourth-order valence-corrected chi connectivity index (χ4v) is 10.0. The minimum atomic E-state index is -2.82. The van der Waals surface area contributed by atoms with Crippen molar-refractivity contribution in [3.05, 3.63) is 114 Å². The summed E-state index contributed by atoms with van der Waals surface area (Å²) in [6.45, 7) is 13.6. The second-order valence-corrected chi connectivity index (χ2v) is 21.1. The molecule has 1 atom stereocenters. The first-order valence-electron chi connectivity index (χ1n) is 29.0. The summed E-state index contributed by atoms with van der Waals surface area (Å²) in [6.07, 6.45) is 0.518. The minimum absolute atomic E-state index is 0. The second-order valence-electron chi connectivity index (χ2n) is 20.7. The summed E-state index contributed by atoms with van der Waals surface area (Å²) in [5.74, 6) is -3.80. The molecule has 6 N–H and O–H groups in total. The van der Waals surface area contributed by atoms with E-state index >= 15 is 0 Å². The van der Waals surface area contributed by atoms with Crippen LogP contribution in [-0.2, 0) is 28.7 Å². The monoisotopic (exact) mass is 1270 g/mol. The van der Waals surface area contributed by atoms with E-state index in [1.54, 1.807) is 30.6 Å². The Bertz CT molecular complexity index is 2910. The van der Waals surface area contributed by atoms with Crippen LogP contribution in [-0.4, -0.2) is 254 Å². The van der Waals surface area contributed by atoms with Crippen molar-refractivity contribution in [2.45, 2.75) is 39.2 Å². The van der Waals surface area contributed by atoms with E-state index in [0.717, 1.165) is 11.6 Å². The number of aromatic carboxylic acids is 1. The Morgan fingerprint density at radius 2 is 1.37 bits per heavy atom. The quantitative estimate of drug-likeness (QED) is 0.0247. The smallest absolute Gasteiger partial charge is 0.493 e. The first-order chi connectivity index (χ1) is 42.2. The van der Waals surface area contributed by atoms with Crippen molar-refractivity contribution >= 4 is 65.0 Å². The second kappa shape index (κ2) is 39.5. The van der Waals surface area contributed by atoms with Crippen LogP contribution >= 0.6 is 11.6 Å². The molecule has 2 aliphatic rings. The molecule has 28 heteroatoms. The zero-order chi connectivity index (χ0) is 64.1. The summed E-state index contributed by atoms with van der Waals surface area (Å²) < 4.78 is 44.2. The van der Waals surface area contributed by atoms with Crippen molar-refractivity contribution in [3.8, 4) is 22.8 Å². The number of anilines is 2. The molecule has 3 heterocycles. The molecule has 1 aromatic heterocycles. The number of aromatic nitrogens is 1. The minimum Gasteiger partial charge on any atom is -0.493 e. The van der Waals surface area contributed by atoms with Gasteiger partial charge >= 0.3 is 53.4 Å². The number of ether oxygens (including phenoxy) is 3. The van der Waals surface area contributed by atoms with Crippen molar-refractivity contribution in [3.63, 3.8) is 0 Å². The molecule has 0 saturated carbocycles. The number of pyridine rings is 1. The molecule has 482 valence electrons. The van der Waals surface area contributed by atoms with Gasteiger partial charge in [-0.25, -0.2) is 13.6 Å². The first kappa shape index (κ1) is 74.9. The fourth-order valence-electron chi connectivity index (χ4n) is 9.83. The van der Waals surface area contributed by atoms with Gasteiger partial charge in [-0.2, -0.15) is 6.54 Å². The molecular weight excluding hydrogens is 1190 g/mol. The molecular formula is C61H80ClF2N10NaO14-2. The van der Waals surface area contributed by atoms with E-state index < -0.39 is 36.2 Å². The SMILES string of the molecule is CCOc1ccccc1-c1ccc(N2CCN(C(=O)c3ccc(Cl)cc3C(F)F)CC2CC)c([C-]=O)n1.[CH2-]CN([CH2-])CCCOc1cc(NCCOCCNC(=O)CN2CCN(CC(=O)O)CCN(CC(=O)O)CCN(CC(=O)O)CC2)cc(C(=O)O)c1.[Na+]. The number of nitrogens with zero attached hydrogens (tertiary/aromatic N) is 8. The Balaban J connectivity index is 0.000000393. The fraction of sp³-hybridized carbons (Fsp3) is 0.475. The van der Waals surface area contributed by atoms with Crippen LogP contribution in [0.1, 0.15) is 65.1 Å². The third-order valence-corrected chi connectivity index (χ3v) is 14.6. The third kappa shape index (κ3) is 25.7. The van der Waals surface area contributed by atoms with Crippen LogP contribution in [0.2, 0.25) is 5.02 Å². The Kier molecular flexibility index (Phi) is 33.2. The predicted molar refractivity (Wildman–Crippen MR) is 326 cm³/mol. The number of nitrogens with one attached hydrogen (secondary N) is 2. The normalized spacial score (nSPS) is 15.6. The Hall–Kier alpha value is -6.59. The van der Waals surface area contributed by atoms with Crippen LogP contribution in [0.25, 0.3) is 11.3 Å². The molecule has 0 aliphatic carbocycles. The van der Waals surface area contributed by atoms with Crippen molar-refractivity contribution in [1.29, 1.82) is 0 Å². The molecule has 3 aromatic carbocycles. The average molecular weight is 1270 g/mol.